The van der Waals surface area contributed by atoms with Crippen molar-refractivity contribution in [2.45, 2.75) is 0 Å². The number of carbonyl (C=O) groups excluding carboxylic acids is 1. The number of anilines is 1. The smallest absolute Gasteiger partial charge is 0.347 e. The van der Waals surface area contributed by atoms with E-state index in [-0.39, 0.29) is 28.6 Å². The second-order valence-corrected chi connectivity index (χ2v) is 6.24. The first kappa shape index (κ1) is 16.8. The Kier molecular flexibility index (Phi) is 4.75. The van der Waals surface area contributed by atoms with Crippen LogP contribution in [-0.2, 0) is 0 Å². The number of amides is 1. The normalized spacial score (nSPS) is 10.5. The molecule has 4 heterocycles. The number of imidazole rings is 1. The lowest BCUT2D eigenvalue weighted by atomic mass is 10.3. The van der Waals surface area contributed by atoms with Crippen molar-refractivity contribution in [1.82, 2.24) is 4.98 Å². The number of thiophene rings is 1. The second kappa shape index (κ2) is 6.80. The van der Waals surface area contributed by atoms with Crippen LogP contribution in [0.3, 0.4) is 0 Å². The average molecular weight is 425 g/mol. The lowest BCUT2D eigenvalue weighted by Gasteiger charge is -1.99. The van der Waals surface area contributed by atoms with Crippen molar-refractivity contribution in [3.63, 3.8) is 0 Å². The first-order chi connectivity index (χ1) is 11.2. The van der Waals surface area contributed by atoms with Crippen LogP contribution in [0.25, 0.3) is 16.2 Å². The van der Waals surface area contributed by atoms with Gasteiger partial charge in [-0.05, 0) is 29.6 Å². The molecule has 0 aliphatic heterocycles. The molecule has 0 aromatic carbocycles. The zero-order chi connectivity index (χ0) is 15.8. The number of hydrogen-bond donors (Lipinski definition) is 2. The van der Waals surface area contributed by atoms with Gasteiger partial charge in [0.2, 0.25) is 11.4 Å². The molecule has 0 saturated heterocycles. The first-order valence-corrected chi connectivity index (χ1v) is 8.10. The van der Waals surface area contributed by atoms with E-state index in [1.165, 1.54) is 6.26 Å². The number of aromatic nitrogens is 2. The molecule has 1 amide bonds. The molecule has 4 rings (SSSR count). The van der Waals surface area contributed by atoms with Gasteiger partial charge in [-0.15, -0.1) is 11.3 Å². The van der Waals surface area contributed by atoms with Gasteiger partial charge in [-0.2, -0.15) is 0 Å². The molecule has 2 N–H and O–H groups in total. The Bertz CT molecular complexity index is 981. The number of nitrogens with one attached hydrogen (secondary N) is 2. The number of fused-ring (bicyclic) bond motifs is 1. The van der Waals surface area contributed by atoms with Crippen molar-refractivity contribution in [3.8, 4) is 10.6 Å². The van der Waals surface area contributed by atoms with Crippen LogP contribution in [0.5, 0.6) is 0 Å². The largest absolute Gasteiger partial charge is 1.00 e. The summed E-state index contributed by atoms with van der Waals surface area (Å²) in [7, 11) is 0. The zero-order valence-corrected chi connectivity index (χ0v) is 15.3. The molecule has 0 spiro atoms. The van der Waals surface area contributed by atoms with E-state index in [9.17, 15) is 4.79 Å². The van der Waals surface area contributed by atoms with Gasteiger partial charge in [0.1, 0.15) is 0 Å². The van der Waals surface area contributed by atoms with E-state index in [0.717, 1.165) is 16.2 Å². The van der Waals surface area contributed by atoms with Crippen molar-refractivity contribution >= 4 is 40.3 Å². The van der Waals surface area contributed by atoms with E-state index in [1.807, 2.05) is 28.0 Å². The molecule has 24 heavy (non-hydrogen) atoms. The number of aromatic amines is 1. The van der Waals surface area contributed by atoms with Crippen molar-refractivity contribution < 1.29 is 30.6 Å². The maximum atomic E-state index is 12.4. The molecule has 0 aliphatic carbocycles. The molecule has 5 nitrogen and oxygen atoms in total. The monoisotopic (exact) mass is 423 g/mol. The van der Waals surface area contributed by atoms with Gasteiger partial charge in [0.25, 0.3) is 5.82 Å². The van der Waals surface area contributed by atoms with Crippen molar-refractivity contribution in [3.05, 3.63) is 65.0 Å². The highest BCUT2D eigenvalue weighted by Crippen LogP contribution is 2.29. The SMILES string of the molecule is O=C(Nc1c(-c2cccs2)[nH]c2ccc(Cl)c[n+]12)c1ccco1.[Br-]. The molecule has 8 heteroatoms. The summed E-state index contributed by atoms with van der Waals surface area (Å²) in [5.74, 6) is 0.548. The summed E-state index contributed by atoms with van der Waals surface area (Å²) < 4.78 is 6.97. The van der Waals surface area contributed by atoms with Crippen molar-refractivity contribution in [1.29, 1.82) is 0 Å². The number of furan rings is 1. The molecule has 122 valence electrons. The van der Waals surface area contributed by atoms with E-state index >= 15 is 0 Å². The highest BCUT2D eigenvalue weighted by molar-refractivity contribution is 7.13. The van der Waals surface area contributed by atoms with Gasteiger partial charge in [-0.25, -0.2) is 14.5 Å². The molecule has 0 fully saturated rings. The molecule has 0 saturated carbocycles. The molecule has 0 aliphatic rings. The number of halogens is 2. The zero-order valence-electron chi connectivity index (χ0n) is 12.1. The van der Waals surface area contributed by atoms with Gasteiger partial charge >= 0.3 is 5.91 Å². The minimum atomic E-state index is -0.318. The standard InChI is InChI=1S/C16H10ClN3O2S.BrH/c17-10-5-6-13-18-14(12-4-2-8-23-12)15(20(13)9-10)19-16(21)11-3-1-7-22-11;/h1-9H,(H,19,21);1H. The summed E-state index contributed by atoms with van der Waals surface area (Å²) in [6, 6.07) is 10.9. The van der Waals surface area contributed by atoms with Crippen LogP contribution < -0.4 is 26.7 Å². The van der Waals surface area contributed by atoms with Crippen molar-refractivity contribution in [2.75, 3.05) is 5.32 Å². The molecule has 4 aromatic heterocycles. The maximum Gasteiger partial charge on any atom is 0.347 e. The van der Waals surface area contributed by atoms with E-state index < -0.39 is 0 Å². The van der Waals surface area contributed by atoms with E-state index in [0.29, 0.717) is 10.8 Å². The Morgan fingerprint density at radius 2 is 2.12 bits per heavy atom. The molecule has 0 atom stereocenters. The van der Waals surface area contributed by atoms with Gasteiger partial charge in [0.05, 0.1) is 22.4 Å². The molecule has 4 aromatic rings. The Hall–Kier alpha value is -2.09. The fourth-order valence-corrected chi connectivity index (χ4v) is 3.26. The number of carbonyl (C=O) groups is 1. The van der Waals surface area contributed by atoms with Crippen LogP contribution in [0.15, 0.2) is 58.7 Å². The van der Waals surface area contributed by atoms with Crippen LogP contribution in [-0.4, -0.2) is 10.9 Å². The first-order valence-electron chi connectivity index (χ1n) is 6.84. The topological polar surface area (TPSA) is 62.1 Å². The predicted molar refractivity (Wildman–Crippen MR) is 88.9 cm³/mol. The summed E-state index contributed by atoms with van der Waals surface area (Å²) >= 11 is 7.68. The van der Waals surface area contributed by atoms with E-state index in [4.69, 9.17) is 16.0 Å². The van der Waals surface area contributed by atoms with Crippen molar-refractivity contribution in [2.24, 2.45) is 0 Å². The Labute approximate surface area is 156 Å². The van der Waals surface area contributed by atoms with Gasteiger partial charge < -0.3 is 21.4 Å². The van der Waals surface area contributed by atoms with Gasteiger partial charge in [-0.1, -0.05) is 17.7 Å². The van der Waals surface area contributed by atoms with E-state index in [1.54, 1.807) is 35.7 Å². The quantitative estimate of drug-likeness (QED) is 0.482. The van der Waals surface area contributed by atoms with Crippen LogP contribution in [0, 0.1) is 0 Å². The summed E-state index contributed by atoms with van der Waals surface area (Å²) in [6.07, 6.45) is 3.22. The third-order valence-corrected chi connectivity index (χ3v) is 4.50. The fourth-order valence-electron chi connectivity index (χ4n) is 2.37. The van der Waals surface area contributed by atoms with Crippen LogP contribution >= 0.6 is 22.9 Å². The predicted octanol–water partition coefficient (Wildman–Crippen LogP) is 0.985. The van der Waals surface area contributed by atoms with Crippen LogP contribution in [0.1, 0.15) is 10.6 Å². The maximum absolute atomic E-state index is 12.4. The number of pyridine rings is 1. The third kappa shape index (κ3) is 2.98. The van der Waals surface area contributed by atoms with Crippen LogP contribution in [0.2, 0.25) is 5.02 Å². The van der Waals surface area contributed by atoms with E-state index in [2.05, 4.69) is 10.3 Å². The molecule has 0 bridgehead atoms. The number of nitrogens with zero attached hydrogens (tertiary/aromatic N) is 1. The fraction of sp³-hybridized carbons (Fsp3) is 0. The Balaban J connectivity index is 0.00000169. The molecule has 0 radical (unpaired) electrons. The Morgan fingerprint density at radius 3 is 2.83 bits per heavy atom. The minimum absolute atomic E-state index is 0. The molecule has 0 unspecified atom stereocenters. The number of hydrogen-bond acceptors (Lipinski definition) is 3. The van der Waals surface area contributed by atoms with Gasteiger partial charge in [0.15, 0.2) is 5.69 Å². The molecular weight excluding hydrogens is 414 g/mol. The summed E-state index contributed by atoms with van der Waals surface area (Å²) in [6.45, 7) is 0. The third-order valence-electron chi connectivity index (χ3n) is 3.39. The number of rotatable bonds is 3. The lowest BCUT2D eigenvalue weighted by molar-refractivity contribution is -0.493. The van der Waals surface area contributed by atoms with Gasteiger partial charge in [0, 0.05) is 6.07 Å². The average Bonchev–Trinajstić information content (AvgIpc) is 3.28. The highest BCUT2D eigenvalue weighted by atomic mass is 79.9. The summed E-state index contributed by atoms with van der Waals surface area (Å²) in [5, 5.41) is 5.46. The molecular formula is C16H11BrClN3O2S. The van der Waals surface area contributed by atoms with Crippen LogP contribution in [0.4, 0.5) is 5.82 Å². The summed E-state index contributed by atoms with van der Waals surface area (Å²) in [4.78, 5) is 16.7. The second-order valence-electron chi connectivity index (χ2n) is 4.86. The minimum Gasteiger partial charge on any atom is -1.00 e. The number of H-pyrrole nitrogens is 1. The lowest BCUT2D eigenvalue weighted by Crippen LogP contribution is -3.00. The van der Waals surface area contributed by atoms with Gasteiger partial charge in [-0.3, -0.25) is 4.98 Å². The highest BCUT2D eigenvalue weighted by Gasteiger charge is 2.25. The Morgan fingerprint density at radius 1 is 1.25 bits per heavy atom. The summed E-state index contributed by atoms with van der Waals surface area (Å²) in [5.41, 5.74) is 1.65.